The summed E-state index contributed by atoms with van der Waals surface area (Å²) in [4.78, 5) is 43.3. The van der Waals surface area contributed by atoms with E-state index in [1.165, 1.54) is 22.9 Å². The van der Waals surface area contributed by atoms with E-state index >= 15 is 0 Å². The number of nitrogens with one attached hydrogen (secondary N) is 1. The molecule has 33 heavy (non-hydrogen) atoms. The average Bonchev–Trinajstić information content (AvgIpc) is 2.77. The minimum atomic E-state index is -0.676. The van der Waals surface area contributed by atoms with E-state index in [2.05, 4.69) is 10.3 Å². The van der Waals surface area contributed by atoms with Gasteiger partial charge in [-0.05, 0) is 44.2 Å². The predicted molar refractivity (Wildman–Crippen MR) is 125 cm³/mol. The normalized spacial score (nSPS) is 10.9. The highest BCUT2D eigenvalue weighted by atomic mass is 35.5. The van der Waals surface area contributed by atoms with Gasteiger partial charge in [-0.2, -0.15) is 0 Å². The standard InChI is InChI=1S/C25H19ClFN3O3/c1-14-3-6-16(7-4-14)23(32)19-12-30(25-18(24(19)33)9-5-15(2)28-25)13-22(31)29-21-10-8-17(26)11-20(21)27/h3-12H,13H2,1-2H3,(H,29,31). The number of fused-ring (bicyclic) bond motifs is 1. The van der Waals surface area contributed by atoms with Gasteiger partial charge < -0.3 is 9.88 Å². The molecule has 2 aromatic heterocycles. The number of nitrogens with zero attached hydrogens (tertiary/aromatic N) is 2. The van der Waals surface area contributed by atoms with Crippen molar-refractivity contribution < 1.29 is 14.0 Å². The number of carbonyl (C=O) groups excluding carboxylic acids is 2. The predicted octanol–water partition coefficient (Wildman–Crippen LogP) is 4.68. The summed E-state index contributed by atoms with van der Waals surface area (Å²) in [5.74, 6) is -1.69. The van der Waals surface area contributed by atoms with Crippen LogP contribution in [0.15, 0.2) is 65.6 Å². The molecule has 0 atom stereocenters. The van der Waals surface area contributed by atoms with Crippen LogP contribution in [-0.4, -0.2) is 21.2 Å². The molecule has 1 N–H and O–H groups in total. The fourth-order valence-corrected chi connectivity index (χ4v) is 3.60. The monoisotopic (exact) mass is 463 g/mol. The number of rotatable bonds is 5. The van der Waals surface area contributed by atoms with Crippen molar-refractivity contribution in [2.45, 2.75) is 20.4 Å². The number of anilines is 1. The van der Waals surface area contributed by atoms with Crippen molar-refractivity contribution >= 4 is 40.0 Å². The van der Waals surface area contributed by atoms with E-state index in [0.29, 0.717) is 11.3 Å². The smallest absolute Gasteiger partial charge is 0.244 e. The SMILES string of the molecule is Cc1ccc(C(=O)c2cn(CC(=O)Nc3ccc(Cl)cc3F)c3nc(C)ccc3c2=O)cc1. The van der Waals surface area contributed by atoms with Crippen molar-refractivity contribution in [1.82, 2.24) is 9.55 Å². The largest absolute Gasteiger partial charge is 0.322 e. The summed E-state index contributed by atoms with van der Waals surface area (Å²) in [6.45, 7) is 3.36. The fraction of sp³-hybridized carbons (Fsp3) is 0.120. The summed E-state index contributed by atoms with van der Waals surface area (Å²) in [6, 6.07) is 14.0. The number of benzene rings is 2. The highest BCUT2D eigenvalue weighted by Gasteiger charge is 2.19. The van der Waals surface area contributed by atoms with Crippen LogP contribution in [0, 0.1) is 19.7 Å². The lowest BCUT2D eigenvalue weighted by atomic mass is 10.0. The molecule has 2 heterocycles. The maximum absolute atomic E-state index is 14.1. The van der Waals surface area contributed by atoms with Crippen molar-refractivity contribution in [1.29, 1.82) is 0 Å². The van der Waals surface area contributed by atoms with Crippen LogP contribution >= 0.6 is 11.6 Å². The minimum Gasteiger partial charge on any atom is -0.322 e. The van der Waals surface area contributed by atoms with E-state index in [9.17, 15) is 18.8 Å². The Morgan fingerprint density at radius 1 is 1.06 bits per heavy atom. The molecule has 0 saturated carbocycles. The Labute approximate surface area is 193 Å². The third kappa shape index (κ3) is 4.68. The number of hydrogen-bond acceptors (Lipinski definition) is 4. The molecule has 8 heteroatoms. The zero-order chi connectivity index (χ0) is 23.7. The molecule has 0 radical (unpaired) electrons. The summed E-state index contributed by atoms with van der Waals surface area (Å²) in [7, 11) is 0. The minimum absolute atomic E-state index is 0.0326. The Hall–Kier alpha value is -3.84. The van der Waals surface area contributed by atoms with E-state index in [1.807, 2.05) is 6.92 Å². The van der Waals surface area contributed by atoms with Crippen LogP contribution in [0.2, 0.25) is 5.02 Å². The van der Waals surface area contributed by atoms with Crippen LogP contribution in [0.5, 0.6) is 0 Å². The summed E-state index contributed by atoms with van der Waals surface area (Å²) >= 11 is 5.76. The van der Waals surface area contributed by atoms with Crippen molar-refractivity contribution in [3.05, 3.63) is 104 Å². The zero-order valence-corrected chi connectivity index (χ0v) is 18.6. The molecule has 0 spiro atoms. The molecular formula is C25H19ClFN3O3. The number of aryl methyl sites for hydroxylation is 2. The molecule has 4 aromatic rings. The van der Waals surface area contributed by atoms with Crippen LogP contribution in [0.3, 0.4) is 0 Å². The number of amides is 1. The Balaban J connectivity index is 1.76. The number of carbonyl (C=O) groups is 2. The van der Waals surface area contributed by atoms with Crippen molar-refractivity contribution in [3.8, 4) is 0 Å². The molecule has 0 aliphatic heterocycles. The number of pyridine rings is 2. The molecule has 0 unspecified atom stereocenters. The summed E-state index contributed by atoms with van der Waals surface area (Å²) in [5.41, 5.74) is 1.65. The lowest BCUT2D eigenvalue weighted by Crippen LogP contribution is -2.25. The molecule has 4 rings (SSSR count). The third-order valence-corrected chi connectivity index (χ3v) is 5.37. The van der Waals surface area contributed by atoms with Crippen LogP contribution in [0.4, 0.5) is 10.1 Å². The van der Waals surface area contributed by atoms with Gasteiger partial charge in [-0.3, -0.25) is 14.4 Å². The Bertz CT molecular complexity index is 1460. The van der Waals surface area contributed by atoms with E-state index in [4.69, 9.17) is 11.6 Å². The first kappa shape index (κ1) is 22.4. The first-order valence-corrected chi connectivity index (χ1v) is 10.5. The van der Waals surface area contributed by atoms with Crippen LogP contribution in [0.1, 0.15) is 27.2 Å². The highest BCUT2D eigenvalue weighted by molar-refractivity contribution is 6.30. The molecule has 0 fully saturated rings. The maximum atomic E-state index is 14.1. The van der Waals surface area contributed by atoms with Crippen molar-refractivity contribution in [2.75, 3.05) is 5.32 Å². The molecule has 0 bridgehead atoms. The summed E-state index contributed by atoms with van der Waals surface area (Å²) in [6.07, 6.45) is 1.33. The van der Waals surface area contributed by atoms with Gasteiger partial charge in [0.05, 0.1) is 16.6 Å². The Kier molecular flexibility index (Phi) is 6.07. The average molecular weight is 464 g/mol. The molecule has 2 aromatic carbocycles. The number of ketones is 1. The van der Waals surface area contributed by atoms with Crippen LogP contribution in [0.25, 0.3) is 11.0 Å². The van der Waals surface area contributed by atoms with Crippen molar-refractivity contribution in [2.24, 2.45) is 0 Å². The van der Waals surface area contributed by atoms with E-state index in [1.54, 1.807) is 43.3 Å². The number of hydrogen-bond donors (Lipinski definition) is 1. The van der Waals surface area contributed by atoms with Gasteiger partial charge in [0.2, 0.25) is 11.3 Å². The lowest BCUT2D eigenvalue weighted by molar-refractivity contribution is -0.116. The second-order valence-electron chi connectivity index (χ2n) is 7.69. The van der Waals surface area contributed by atoms with Gasteiger partial charge in [-0.1, -0.05) is 41.4 Å². The topological polar surface area (TPSA) is 81.1 Å². The van der Waals surface area contributed by atoms with Gasteiger partial charge in [0, 0.05) is 22.5 Å². The second kappa shape index (κ2) is 8.96. The molecule has 6 nitrogen and oxygen atoms in total. The van der Waals surface area contributed by atoms with Gasteiger partial charge in [0.1, 0.15) is 18.0 Å². The van der Waals surface area contributed by atoms with Gasteiger partial charge in [-0.25, -0.2) is 9.37 Å². The lowest BCUT2D eigenvalue weighted by Gasteiger charge is -2.13. The number of aromatic nitrogens is 2. The quantitative estimate of drug-likeness (QED) is 0.436. The first-order valence-electron chi connectivity index (χ1n) is 10.1. The molecule has 0 aliphatic rings. The van der Waals surface area contributed by atoms with E-state index < -0.39 is 22.9 Å². The first-order chi connectivity index (χ1) is 15.7. The highest BCUT2D eigenvalue weighted by Crippen LogP contribution is 2.19. The molecular weight excluding hydrogens is 445 g/mol. The van der Waals surface area contributed by atoms with Crippen LogP contribution < -0.4 is 10.7 Å². The van der Waals surface area contributed by atoms with Gasteiger partial charge in [0.25, 0.3) is 0 Å². The zero-order valence-electron chi connectivity index (χ0n) is 17.9. The molecule has 0 aliphatic carbocycles. The molecule has 1 amide bonds. The fourth-order valence-electron chi connectivity index (χ4n) is 3.44. The van der Waals surface area contributed by atoms with Gasteiger partial charge in [0.15, 0.2) is 5.78 Å². The van der Waals surface area contributed by atoms with E-state index in [-0.39, 0.29) is 33.9 Å². The van der Waals surface area contributed by atoms with Gasteiger partial charge in [-0.15, -0.1) is 0 Å². The van der Waals surface area contributed by atoms with Crippen LogP contribution in [-0.2, 0) is 11.3 Å². The molecule has 166 valence electrons. The summed E-state index contributed by atoms with van der Waals surface area (Å²) in [5, 5.41) is 2.90. The summed E-state index contributed by atoms with van der Waals surface area (Å²) < 4.78 is 15.5. The Morgan fingerprint density at radius 3 is 2.48 bits per heavy atom. The third-order valence-electron chi connectivity index (χ3n) is 5.14. The maximum Gasteiger partial charge on any atom is 0.244 e. The van der Waals surface area contributed by atoms with Gasteiger partial charge >= 0.3 is 0 Å². The second-order valence-corrected chi connectivity index (χ2v) is 8.13. The Morgan fingerprint density at radius 2 is 1.79 bits per heavy atom. The van der Waals surface area contributed by atoms with E-state index in [0.717, 1.165) is 11.6 Å². The molecule has 0 saturated heterocycles. The number of halogens is 2. The van der Waals surface area contributed by atoms with Crippen molar-refractivity contribution in [3.63, 3.8) is 0 Å².